The molecule has 0 unspecified atom stereocenters. The van der Waals surface area contributed by atoms with Crippen LogP contribution in [0.5, 0.6) is 5.75 Å². The van der Waals surface area contributed by atoms with E-state index in [4.69, 9.17) is 9.26 Å². The fourth-order valence-electron chi connectivity index (χ4n) is 2.70. The summed E-state index contributed by atoms with van der Waals surface area (Å²) in [4.78, 5) is 18.4. The molecule has 7 heteroatoms. The van der Waals surface area contributed by atoms with Crippen LogP contribution in [0.1, 0.15) is 16.1 Å². The van der Waals surface area contributed by atoms with Gasteiger partial charge in [-0.1, -0.05) is 11.2 Å². The monoisotopic (exact) mass is 365 g/mol. The molecule has 0 bridgehead atoms. The number of rotatable bonds is 4. The van der Waals surface area contributed by atoms with Crippen molar-refractivity contribution < 1.29 is 14.1 Å². The fourth-order valence-corrected chi connectivity index (χ4v) is 3.38. The van der Waals surface area contributed by atoms with Gasteiger partial charge in [0.05, 0.1) is 34.3 Å². The Labute approximate surface area is 153 Å². The highest BCUT2D eigenvalue weighted by Crippen LogP contribution is 2.30. The fraction of sp³-hybridized carbons (Fsp3) is 0.105. The Kier molecular flexibility index (Phi) is 4.14. The number of pyridine rings is 1. The van der Waals surface area contributed by atoms with Crippen LogP contribution in [0.15, 0.2) is 52.4 Å². The van der Waals surface area contributed by atoms with Crippen LogP contribution >= 0.6 is 11.3 Å². The molecule has 0 fully saturated rings. The van der Waals surface area contributed by atoms with Crippen LogP contribution in [-0.4, -0.2) is 23.2 Å². The summed E-state index contributed by atoms with van der Waals surface area (Å²) in [5.41, 5.74) is 2.82. The summed E-state index contributed by atoms with van der Waals surface area (Å²) in [6.45, 7) is 1.79. The molecule has 1 aromatic carbocycles. The first-order valence-electron chi connectivity index (χ1n) is 7.92. The molecule has 0 spiro atoms. The molecule has 0 aliphatic rings. The van der Waals surface area contributed by atoms with Crippen molar-refractivity contribution in [1.29, 1.82) is 0 Å². The average Bonchev–Trinajstić information content (AvgIpc) is 3.32. The lowest BCUT2D eigenvalue weighted by atomic mass is 10.1. The molecule has 130 valence electrons. The minimum absolute atomic E-state index is 0.244. The van der Waals surface area contributed by atoms with Gasteiger partial charge in [-0.05, 0) is 48.7 Å². The van der Waals surface area contributed by atoms with Crippen LogP contribution in [0.2, 0.25) is 0 Å². The number of amides is 1. The number of nitrogens with one attached hydrogen (secondary N) is 1. The van der Waals surface area contributed by atoms with Crippen LogP contribution < -0.4 is 10.1 Å². The van der Waals surface area contributed by atoms with Crippen LogP contribution in [0.25, 0.3) is 21.7 Å². The maximum absolute atomic E-state index is 12.9. The molecular weight excluding hydrogens is 350 g/mol. The molecule has 0 saturated carbocycles. The molecule has 26 heavy (non-hydrogen) atoms. The minimum Gasteiger partial charge on any atom is -0.497 e. The van der Waals surface area contributed by atoms with Crippen molar-refractivity contribution >= 4 is 34.0 Å². The van der Waals surface area contributed by atoms with Crippen LogP contribution in [0, 0.1) is 6.92 Å². The third-order valence-electron chi connectivity index (χ3n) is 3.98. The van der Waals surface area contributed by atoms with Crippen molar-refractivity contribution in [2.24, 2.45) is 0 Å². The number of hydrogen-bond acceptors (Lipinski definition) is 6. The minimum atomic E-state index is -0.244. The van der Waals surface area contributed by atoms with Gasteiger partial charge in [0.15, 0.2) is 0 Å². The van der Waals surface area contributed by atoms with Crippen molar-refractivity contribution in [2.75, 3.05) is 12.4 Å². The Balaban J connectivity index is 1.75. The second-order valence-electron chi connectivity index (χ2n) is 5.66. The summed E-state index contributed by atoms with van der Waals surface area (Å²) in [5.74, 6) is 0.482. The third-order valence-corrected chi connectivity index (χ3v) is 4.88. The quantitative estimate of drug-likeness (QED) is 0.575. The Morgan fingerprint density at radius 2 is 2.04 bits per heavy atom. The zero-order valence-corrected chi connectivity index (χ0v) is 15.0. The van der Waals surface area contributed by atoms with Gasteiger partial charge in [0.1, 0.15) is 5.75 Å². The van der Waals surface area contributed by atoms with E-state index in [1.54, 1.807) is 55.7 Å². The lowest BCUT2D eigenvalue weighted by Crippen LogP contribution is -2.13. The number of ether oxygens (including phenoxy) is 1. The van der Waals surface area contributed by atoms with Gasteiger partial charge in [0, 0.05) is 5.69 Å². The van der Waals surface area contributed by atoms with Gasteiger partial charge in [0.2, 0.25) is 0 Å². The van der Waals surface area contributed by atoms with Crippen LogP contribution in [0.4, 0.5) is 5.69 Å². The molecule has 0 atom stereocenters. The van der Waals surface area contributed by atoms with E-state index in [0.29, 0.717) is 33.7 Å². The number of thiophene rings is 1. The Bertz CT molecular complexity index is 1070. The van der Waals surface area contributed by atoms with Crippen molar-refractivity contribution in [3.63, 3.8) is 0 Å². The maximum atomic E-state index is 12.9. The van der Waals surface area contributed by atoms with E-state index in [9.17, 15) is 4.79 Å². The number of carbonyl (C=O) groups is 1. The lowest BCUT2D eigenvalue weighted by Gasteiger charge is -2.08. The highest BCUT2D eigenvalue weighted by Gasteiger charge is 2.19. The third kappa shape index (κ3) is 2.93. The number of aromatic nitrogens is 2. The Morgan fingerprint density at radius 3 is 2.73 bits per heavy atom. The second-order valence-corrected chi connectivity index (χ2v) is 6.61. The smallest absolute Gasteiger partial charge is 0.259 e. The topological polar surface area (TPSA) is 77.2 Å². The van der Waals surface area contributed by atoms with E-state index in [1.807, 2.05) is 17.5 Å². The number of benzene rings is 1. The van der Waals surface area contributed by atoms with E-state index in [-0.39, 0.29) is 5.91 Å². The molecule has 0 aliphatic heterocycles. The zero-order valence-electron chi connectivity index (χ0n) is 14.1. The van der Waals surface area contributed by atoms with E-state index >= 15 is 0 Å². The van der Waals surface area contributed by atoms with Gasteiger partial charge in [0.25, 0.3) is 11.6 Å². The molecule has 3 heterocycles. The highest BCUT2D eigenvalue weighted by molar-refractivity contribution is 7.13. The zero-order chi connectivity index (χ0) is 18.1. The largest absolute Gasteiger partial charge is 0.497 e. The predicted octanol–water partition coefficient (Wildman–Crippen LogP) is 4.52. The standard InChI is InChI=1S/C19H15N3O3S/c1-11-17-14(18(23)20-12-5-7-13(24-2)8-6-12)10-15(16-4-3-9-26-16)21-19(17)25-22-11/h3-10H,1-2H3,(H,20,23). The first kappa shape index (κ1) is 16.3. The van der Waals surface area contributed by atoms with Crippen molar-refractivity contribution in [1.82, 2.24) is 10.1 Å². The van der Waals surface area contributed by atoms with Crippen molar-refractivity contribution in [3.05, 3.63) is 59.1 Å². The van der Waals surface area contributed by atoms with Gasteiger partial charge >= 0.3 is 0 Å². The molecular formula is C19H15N3O3S. The average molecular weight is 365 g/mol. The van der Waals surface area contributed by atoms with Gasteiger partial charge in [-0.3, -0.25) is 4.79 Å². The van der Waals surface area contributed by atoms with Crippen molar-refractivity contribution in [3.8, 4) is 16.3 Å². The van der Waals surface area contributed by atoms with Gasteiger partial charge < -0.3 is 14.6 Å². The SMILES string of the molecule is COc1ccc(NC(=O)c2cc(-c3cccs3)nc3onc(C)c23)cc1. The number of fused-ring (bicyclic) bond motifs is 1. The lowest BCUT2D eigenvalue weighted by molar-refractivity contribution is 0.102. The molecule has 0 saturated heterocycles. The summed E-state index contributed by atoms with van der Waals surface area (Å²) in [5, 5.41) is 9.45. The van der Waals surface area contributed by atoms with Crippen LogP contribution in [0.3, 0.4) is 0 Å². The number of nitrogens with zero attached hydrogens (tertiary/aromatic N) is 2. The van der Waals surface area contributed by atoms with E-state index in [2.05, 4.69) is 15.5 Å². The second kappa shape index (κ2) is 6.61. The number of methoxy groups -OCH3 is 1. The molecule has 1 amide bonds. The van der Waals surface area contributed by atoms with E-state index in [0.717, 1.165) is 10.6 Å². The predicted molar refractivity (Wildman–Crippen MR) is 101 cm³/mol. The van der Waals surface area contributed by atoms with Crippen molar-refractivity contribution in [2.45, 2.75) is 6.92 Å². The van der Waals surface area contributed by atoms with E-state index < -0.39 is 0 Å². The Hall–Kier alpha value is -3.19. The number of aryl methyl sites for hydroxylation is 1. The maximum Gasteiger partial charge on any atom is 0.259 e. The molecule has 6 nitrogen and oxygen atoms in total. The first-order valence-corrected chi connectivity index (χ1v) is 8.80. The highest BCUT2D eigenvalue weighted by atomic mass is 32.1. The molecule has 1 N–H and O–H groups in total. The molecule has 4 aromatic rings. The summed E-state index contributed by atoms with van der Waals surface area (Å²) in [7, 11) is 1.60. The number of carbonyl (C=O) groups excluding carboxylic acids is 1. The van der Waals surface area contributed by atoms with Gasteiger partial charge in [-0.2, -0.15) is 0 Å². The summed E-state index contributed by atoms with van der Waals surface area (Å²) < 4.78 is 10.4. The summed E-state index contributed by atoms with van der Waals surface area (Å²) >= 11 is 1.55. The normalized spacial score (nSPS) is 10.8. The summed E-state index contributed by atoms with van der Waals surface area (Å²) in [6.07, 6.45) is 0. The van der Waals surface area contributed by atoms with E-state index in [1.165, 1.54) is 0 Å². The molecule has 4 rings (SSSR count). The molecule has 3 aromatic heterocycles. The van der Waals surface area contributed by atoms with Gasteiger partial charge in [-0.15, -0.1) is 11.3 Å². The molecule has 0 radical (unpaired) electrons. The number of hydrogen-bond donors (Lipinski definition) is 1. The number of anilines is 1. The Morgan fingerprint density at radius 1 is 1.23 bits per heavy atom. The molecule has 0 aliphatic carbocycles. The summed E-state index contributed by atoms with van der Waals surface area (Å²) in [6, 6.07) is 12.8. The van der Waals surface area contributed by atoms with Crippen LogP contribution in [-0.2, 0) is 0 Å². The van der Waals surface area contributed by atoms with Gasteiger partial charge in [-0.25, -0.2) is 4.98 Å². The first-order chi connectivity index (χ1) is 12.7.